The van der Waals surface area contributed by atoms with Crippen LogP contribution < -0.4 is 0 Å². The number of aromatic nitrogens is 4. The normalized spacial score (nSPS) is 17.2. The summed E-state index contributed by atoms with van der Waals surface area (Å²) in [5, 5.41) is 9.84. The minimum Gasteiger partial charge on any atom is -0.466 e. The van der Waals surface area contributed by atoms with Crippen LogP contribution >= 0.6 is 11.8 Å². The second-order valence-electron chi connectivity index (χ2n) is 6.68. The number of likely N-dealkylation sites (tertiary alicyclic amines) is 1. The van der Waals surface area contributed by atoms with Crippen molar-refractivity contribution in [3.63, 3.8) is 0 Å². The molecule has 0 bridgehead atoms. The summed E-state index contributed by atoms with van der Waals surface area (Å²) in [6, 6.07) is 7.82. The average Bonchev–Trinajstić information content (AvgIpc) is 3.10. The average molecular weight is 399 g/mol. The van der Waals surface area contributed by atoms with Gasteiger partial charge in [0.1, 0.15) is 5.52 Å². The molecule has 9 heteroatoms. The number of ether oxygens (including phenoxy) is 1. The van der Waals surface area contributed by atoms with Gasteiger partial charge >= 0.3 is 5.97 Å². The number of rotatable bonds is 5. The number of hydrogen-bond acceptors (Lipinski definition) is 7. The van der Waals surface area contributed by atoms with E-state index in [1.54, 1.807) is 11.8 Å². The molecular weight excluding hydrogens is 378 g/mol. The van der Waals surface area contributed by atoms with Gasteiger partial charge in [-0.15, -0.1) is 10.2 Å². The van der Waals surface area contributed by atoms with Crippen molar-refractivity contribution in [1.82, 2.24) is 25.1 Å². The molecule has 0 radical (unpaired) electrons. The highest BCUT2D eigenvalue weighted by Gasteiger charge is 2.29. The molecule has 1 aromatic carbocycles. The van der Waals surface area contributed by atoms with E-state index in [9.17, 15) is 9.59 Å². The lowest BCUT2D eigenvalue weighted by Gasteiger charge is -2.31. The molecule has 0 spiro atoms. The summed E-state index contributed by atoms with van der Waals surface area (Å²) in [5.74, 6) is -0.268. The molecule has 3 heterocycles. The molecule has 1 unspecified atom stereocenters. The number of amides is 1. The lowest BCUT2D eigenvalue weighted by atomic mass is 9.98. The Kier molecular flexibility index (Phi) is 5.43. The quantitative estimate of drug-likeness (QED) is 0.519. The van der Waals surface area contributed by atoms with Crippen LogP contribution in [-0.4, -0.2) is 62.4 Å². The van der Waals surface area contributed by atoms with Gasteiger partial charge in [0, 0.05) is 24.0 Å². The number of nitrogens with zero attached hydrogens (tertiary/aromatic N) is 4. The third-order valence-corrected chi connectivity index (χ3v) is 5.64. The lowest BCUT2D eigenvalue weighted by molar-refractivity contribution is -0.151. The first-order valence-electron chi connectivity index (χ1n) is 9.34. The molecule has 0 saturated carbocycles. The van der Waals surface area contributed by atoms with Crippen molar-refractivity contribution in [3.8, 4) is 0 Å². The Bertz CT molecular complexity index is 1020. The van der Waals surface area contributed by atoms with E-state index in [0.29, 0.717) is 30.5 Å². The van der Waals surface area contributed by atoms with E-state index in [0.717, 1.165) is 29.3 Å². The Balaban J connectivity index is 1.40. The minimum atomic E-state index is -0.233. The number of carbonyl (C=O) groups excluding carboxylic acids is 2. The summed E-state index contributed by atoms with van der Waals surface area (Å²) in [6.45, 7) is 3.23. The zero-order valence-corrected chi connectivity index (χ0v) is 16.4. The number of benzene rings is 1. The van der Waals surface area contributed by atoms with Crippen molar-refractivity contribution >= 4 is 45.7 Å². The maximum atomic E-state index is 12.6. The third-order valence-electron chi connectivity index (χ3n) is 4.82. The fourth-order valence-corrected chi connectivity index (χ4v) is 4.13. The predicted molar refractivity (Wildman–Crippen MR) is 106 cm³/mol. The Morgan fingerprint density at radius 1 is 1.32 bits per heavy atom. The monoisotopic (exact) mass is 399 g/mol. The first-order chi connectivity index (χ1) is 13.7. The first kappa shape index (κ1) is 18.7. The molecule has 3 aromatic rings. The largest absolute Gasteiger partial charge is 0.466 e. The molecule has 4 rings (SSSR count). The van der Waals surface area contributed by atoms with Crippen LogP contribution in [0.1, 0.15) is 19.8 Å². The molecule has 146 valence electrons. The second kappa shape index (κ2) is 8.14. The van der Waals surface area contributed by atoms with Crippen molar-refractivity contribution < 1.29 is 14.3 Å². The number of hydrogen-bond donors (Lipinski definition) is 1. The maximum Gasteiger partial charge on any atom is 0.310 e. The van der Waals surface area contributed by atoms with Crippen LogP contribution in [0.2, 0.25) is 0 Å². The summed E-state index contributed by atoms with van der Waals surface area (Å²) in [6.07, 6.45) is 1.57. The Morgan fingerprint density at radius 2 is 2.18 bits per heavy atom. The summed E-state index contributed by atoms with van der Waals surface area (Å²) in [7, 11) is 0. The van der Waals surface area contributed by atoms with Gasteiger partial charge < -0.3 is 14.6 Å². The highest BCUT2D eigenvalue weighted by atomic mass is 32.2. The first-order valence-corrected chi connectivity index (χ1v) is 10.3. The second-order valence-corrected chi connectivity index (χ2v) is 7.62. The number of para-hydroxylation sites is 1. The van der Waals surface area contributed by atoms with E-state index in [1.807, 2.05) is 24.3 Å². The highest BCUT2D eigenvalue weighted by Crippen LogP contribution is 2.24. The summed E-state index contributed by atoms with van der Waals surface area (Å²) in [4.78, 5) is 34.0. The van der Waals surface area contributed by atoms with E-state index in [1.165, 1.54) is 11.8 Å². The van der Waals surface area contributed by atoms with Gasteiger partial charge in [-0.05, 0) is 25.8 Å². The van der Waals surface area contributed by atoms with E-state index >= 15 is 0 Å². The predicted octanol–water partition coefficient (Wildman–Crippen LogP) is 2.40. The molecule has 28 heavy (non-hydrogen) atoms. The van der Waals surface area contributed by atoms with Gasteiger partial charge in [-0.25, -0.2) is 4.98 Å². The summed E-state index contributed by atoms with van der Waals surface area (Å²) in [5.41, 5.74) is 2.34. The van der Waals surface area contributed by atoms with Crippen molar-refractivity contribution in [3.05, 3.63) is 24.3 Å². The van der Waals surface area contributed by atoms with E-state index < -0.39 is 0 Å². The molecule has 0 aliphatic carbocycles. The Hall–Kier alpha value is -2.68. The molecule has 1 atom stereocenters. The molecule has 8 nitrogen and oxygen atoms in total. The van der Waals surface area contributed by atoms with Crippen LogP contribution in [0.3, 0.4) is 0 Å². The Labute approximate surface area is 166 Å². The smallest absolute Gasteiger partial charge is 0.310 e. The van der Waals surface area contributed by atoms with Crippen LogP contribution in [0.15, 0.2) is 29.4 Å². The van der Waals surface area contributed by atoms with Gasteiger partial charge in [-0.2, -0.15) is 0 Å². The fourth-order valence-electron chi connectivity index (χ4n) is 3.44. The number of fused-ring (bicyclic) bond motifs is 3. The molecule has 1 saturated heterocycles. The van der Waals surface area contributed by atoms with Gasteiger partial charge in [0.05, 0.1) is 18.3 Å². The van der Waals surface area contributed by atoms with Gasteiger partial charge in [0.2, 0.25) is 11.1 Å². The fraction of sp³-hybridized carbons (Fsp3) is 0.421. The van der Waals surface area contributed by atoms with Gasteiger partial charge in [-0.3, -0.25) is 9.59 Å². The number of aromatic amines is 1. The minimum absolute atomic E-state index is 0.0284. The lowest BCUT2D eigenvalue weighted by Crippen LogP contribution is -2.43. The number of H-pyrrole nitrogens is 1. The standard InChI is InChI=1S/C19H21N5O3S/c1-2-27-18(26)12-6-5-9-24(10-12)15(25)11-28-19-21-17-16(22-23-19)13-7-3-4-8-14(13)20-17/h3-4,7-8,12H,2,5-6,9-11H2,1H3,(H,20,21,23). The van der Waals surface area contributed by atoms with Gasteiger partial charge in [-0.1, -0.05) is 30.0 Å². The highest BCUT2D eigenvalue weighted by molar-refractivity contribution is 7.99. The van der Waals surface area contributed by atoms with Gasteiger partial charge in [0.15, 0.2) is 5.65 Å². The van der Waals surface area contributed by atoms with Crippen LogP contribution in [0.4, 0.5) is 0 Å². The van der Waals surface area contributed by atoms with Crippen LogP contribution in [-0.2, 0) is 14.3 Å². The van der Waals surface area contributed by atoms with Crippen molar-refractivity contribution in [2.45, 2.75) is 24.9 Å². The van der Waals surface area contributed by atoms with E-state index in [4.69, 9.17) is 4.74 Å². The maximum absolute atomic E-state index is 12.6. The van der Waals surface area contributed by atoms with E-state index in [2.05, 4.69) is 20.2 Å². The van der Waals surface area contributed by atoms with Crippen LogP contribution in [0.25, 0.3) is 22.1 Å². The molecule has 2 aromatic heterocycles. The molecule has 1 amide bonds. The third kappa shape index (κ3) is 3.80. The number of carbonyl (C=O) groups is 2. The van der Waals surface area contributed by atoms with Crippen molar-refractivity contribution in [2.24, 2.45) is 5.92 Å². The van der Waals surface area contributed by atoms with E-state index in [-0.39, 0.29) is 23.5 Å². The number of thioether (sulfide) groups is 1. The topological polar surface area (TPSA) is 101 Å². The van der Waals surface area contributed by atoms with Crippen LogP contribution in [0.5, 0.6) is 0 Å². The SMILES string of the molecule is CCOC(=O)C1CCCN(C(=O)CSc2nnc3c(n2)[nH]c2ccccc23)C1. The van der Waals surface area contributed by atoms with Crippen molar-refractivity contribution in [1.29, 1.82) is 0 Å². The zero-order chi connectivity index (χ0) is 19.5. The molecule has 1 N–H and O–H groups in total. The van der Waals surface area contributed by atoms with Gasteiger partial charge in [0.25, 0.3) is 0 Å². The molecule has 1 aliphatic rings. The summed E-state index contributed by atoms with van der Waals surface area (Å²) < 4.78 is 5.09. The zero-order valence-electron chi connectivity index (χ0n) is 15.6. The number of piperidine rings is 1. The number of nitrogens with one attached hydrogen (secondary N) is 1. The molecule has 1 aliphatic heterocycles. The summed E-state index contributed by atoms with van der Waals surface area (Å²) >= 11 is 1.25. The molecular formula is C19H21N5O3S. The van der Waals surface area contributed by atoms with Crippen LogP contribution in [0, 0.1) is 5.92 Å². The molecule has 1 fully saturated rings. The number of esters is 1. The Morgan fingerprint density at radius 3 is 3.04 bits per heavy atom. The van der Waals surface area contributed by atoms with Crippen molar-refractivity contribution in [2.75, 3.05) is 25.4 Å².